The van der Waals surface area contributed by atoms with Gasteiger partial charge in [-0.1, -0.05) is 12.1 Å². The van der Waals surface area contributed by atoms with Crippen molar-refractivity contribution in [3.05, 3.63) is 54.4 Å². The van der Waals surface area contributed by atoms with E-state index >= 15 is 0 Å². The Morgan fingerprint density at radius 1 is 1.12 bits per heavy atom. The summed E-state index contributed by atoms with van der Waals surface area (Å²) in [6.07, 6.45) is 3.31. The highest BCUT2D eigenvalue weighted by Gasteiger charge is 2.01. The molecule has 0 fully saturated rings. The van der Waals surface area contributed by atoms with Crippen LogP contribution in [0.4, 0.5) is 0 Å². The molecule has 0 aliphatic carbocycles. The van der Waals surface area contributed by atoms with Crippen molar-refractivity contribution in [2.24, 2.45) is 0 Å². The second-order valence-corrected chi connectivity index (χ2v) is 3.37. The third-order valence-electron chi connectivity index (χ3n) is 2.13. The van der Waals surface area contributed by atoms with E-state index in [-0.39, 0.29) is 5.78 Å². The minimum absolute atomic E-state index is 0.0279. The van der Waals surface area contributed by atoms with Crippen molar-refractivity contribution in [2.45, 2.75) is 6.92 Å². The molecule has 0 bridgehead atoms. The van der Waals surface area contributed by atoms with Gasteiger partial charge in [-0.3, -0.25) is 9.78 Å². The van der Waals surface area contributed by atoms with Gasteiger partial charge in [-0.2, -0.15) is 0 Å². The van der Waals surface area contributed by atoms with Crippen LogP contribution in [0.3, 0.4) is 0 Å². The topological polar surface area (TPSA) is 39.2 Å². The van der Waals surface area contributed by atoms with Gasteiger partial charge in [0.25, 0.3) is 0 Å². The molecule has 2 rings (SSSR count). The minimum Gasteiger partial charge on any atom is -0.457 e. The molecule has 0 unspecified atom stereocenters. The average molecular weight is 213 g/mol. The minimum atomic E-state index is 0.0279. The number of aromatic nitrogens is 1. The molecule has 0 atom stereocenters. The molecule has 0 saturated carbocycles. The van der Waals surface area contributed by atoms with Crippen LogP contribution in [0.2, 0.25) is 0 Å². The van der Waals surface area contributed by atoms with E-state index < -0.39 is 0 Å². The SMILES string of the molecule is CC(=O)c1cccc(Oc2ccncc2)c1. The van der Waals surface area contributed by atoms with E-state index in [2.05, 4.69) is 4.98 Å². The lowest BCUT2D eigenvalue weighted by molar-refractivity contribution is 0.101. The zero-order valence-electron chi connectivity index (χ0n) is 8.88. The highest BCUT2D eigenvalue weighted by atomic mass is 16.5. The summed E-state index contributed by atoms with van der Waals surface area (Å²) in [5.74, 6) is 1.38. The third-order valence-corrected chi connectivity index (χ3v) is 2.13. The van der Waals surface area contributed by atoms with Crippen molar-refractivity contribution in [1.29, 1.82) is 0 Å². The summed E-state index contributed by atoms with van der Waals surface area (Å²) in [7, 11) is 0. The first kappa shape index (κ1) is 10.4. The molecule has 0 N–H and O–H groups in total. The van der Waals surface area contributed by atoms with Crippen LogP contribution < -0.4 is 4.74 Å². The van der Waals surface area contributed by atoms with E-state index in [0.717, 1.165) is 0 Å². The molecule has 3 nitrogen and oxygen atoms in total. The highest BCUT2D eigenvalue weighted by molar-refractivity contribution is 5.94. The monoisotopic (exact) mass is 213 g/mol. The molecule has 0 saturated heterocycles. The summed E-state index contributed by atoms with van der Waals surface area (Å²) in [4.78, 5) is 15.1. The largest absolute Gasteiger partial charge is 0.457 e. The van der Waals surface area contributed by atoms with Gasteiger partial charge < -0.3 is 4.74 Å². The fraction of sp³-hybridized carbons (Fsp3) is 0.0769. The zero-order valence-corrected chi connectivity index (χ0v) is 8.88. The first-order chi connectivity index (χ1) is 7.75. The number of nitrogens with zero attached hydrogens (tertiary/aromatic N) is 1. The number of rotatable bonds is 3. The predicted molar refractivity (Wildman–Crippen MR) is 60.8 cm³/mol. The molecule has 16 heavy (non-hydrogen) atoms. The van der Waals surface area contributed by atoms with E-state index in [1.54, 1.807) is 42.7 Å². The average Bonchev–Trinajstić information content (AvgIpc) is 2.30. The van der Waals surface area contributed by atoms with Gasteiger partial charge in [0.1, 0.15) is 11.5 Å². The van der Waals surface area contributed by atoms with Crippen LogP contribution in [0.25, 0.3) is 0 Å². The van der Waals surface area contributed by atoms with Gasteiger partial charge in [0, 0.05) is 18.0 Å². The summed E-state index contributed by atoms with van der Waals surface area (Å²) in [6, 6.07) is 10.6. The highest BCUT2D eigenvalue weighted by Crippen LogP contribution is 2.21. The zero-order chi connectivity index (χ0) is 11.4. The molecule has 3 heteroatoms. The number of hydrogen-bond acceptors (Lipinski definition) is 3. The molecule has 0 amide bonds. The molecule has 1 heterocycles. The Bertz CT molecular complexity index is 494. The lowest BCUT2D eigenvalue weighted by Gasteiger charge is -2.05. The fourth-order valence-corrected chi connectivity index (χ4v) is 1.32. The maximum Gasteiger partial charge on any atom is 0.159 e. The van der Waals surface area contributed by atoms with Gasteiger partial charge in [-0.05, 0) is 31.2 Å². The van der Waals surface area contributed by atoms with Crippen molar-refractivity contribution in [1.82, 2.24) is 4.98 Å². The lowest BCUT2D eigenvalue weighted by atomic mass is 10.1. The van der Waals surface area contributed by atoms with E-state index in [0.29, 0.717) is 17.1 Å². The second-order valence-electron chi connectivity index (χ2n) is 3.37. The van der Waals surface area contributed by atoms with E-state index in [1.807, 2.05) is 6.07 Å². The van der Waals surface area contributed by atoms with Crippen LogP contribution in [0.1, 0.15) is 17.3 Å². The maximum absolute atomic E-state index is 11.2. The number of pyridine rings is 1. The molecule has 80 valence electrons. The number of benzene rings is 1. The second kappa shape index (κ2) is 4.57. The summed E-state index contributed by atoms with van der Waals surface area (Å²) in [5, 5.41) is 0. The molecule has 0 aliphatic heterocycles. The van der Waals surface area contributed by atoms with Gasteiger partial charge in [-0.25, -0.2) is 0 Å². The number of Topliss-reactive ketones (excluding diaryl/α,β-unsaturated/α-hetero) is 1. The molecule has 1 aromatic heterocycles. The molecule has 0 radical (unpaired) electrons. The van der Waals surface area contributed by atoms with Crippen molar-refractivity contribution >= 4 is 5.78 Å². The Morgan fingerprint density at radius 2 is 1.88 bits per heavy atom. The number of carbonyl (C=O) groups excluding carboxylic acids is 1. The Labute approximate surface area is 93.7 Å². The first-order valence-corrected chi connectivity index (χ1v) is 4.94. The normalized spacial score (nSPS) is 9.81. The Hall–Kier alpha value is -2.16. The number of ether oxygens (including phenoxy) is 1. The van der Waals surface area contributed by atoms with Gasteiger partial charge >= 0.3 is 0 Å². The number of carbonyl (C=O) groups is 1. The molecular weight excluding hydrogens is 202 g/mol. The van der Waals surface area contributed by atoms with Crippen LogP contribution >= 0.6 is 0 Å². The van der Waals surface area contributed by atoms with Crippen molar-refractivity contribution < 1.29 is 9.53 Å². The van der Waals surface area contributed by atoms with Crippen LogP contribution in [0.5, 0.6) is 11.5 Å². The molecule has 0 spiro atoms. The van der Waals surface area contributed by atoms with E-state index in [4.69, 9.17) is 4.74 Å². The van der Waals surface area contributed by atoms with Crippen molar-refractivity contribution in [3.8, 4) is 11.5 Å². The summed E-state index contributed by atoms with van der Waals surface area (Å²) < 4.78 is 5.58. The first-order valence-electron chi connectivity index (χ1n) is 4.94. The Kier molecular flexibility index (Phi) is 2.96. The standard InChI is InChI=1S/C13H11NO2/c1-10(15)11-3-2-4-13(9-11)16-12-5-7-14-8-6-12/h2-9H,1H3. The van der Waals surface area contributed by atoms with Crippen LogP contribution in [0.15, 0.2) is 48.8 Å². The van der Waals surface area contributed by atoms with Gasteiger partial charge in [0.2, 0.25) is 0 Å². The van der Waals surface area contributed by atoms with Crippen LogP contribution in [-0.2, 0) is 0 Å². The molecule has 0 aliphatic rings. The molecule has 1 aromatic carbocycles. The molecular formula is C13H11NO2. The van der Waals surface area contributed by atoms with Gasteiger partial charge in [0.15, 0.2) is 5.78 Å². The number of hydrogen-bond donors (Lipinski definition) is 0. The summed E-state index contributed by atoms with van der Waals surface area (Å²) in [5.41, 5.74) is 0.645. The van der Waals surface area contributed by atoms with Crippen LogP contribution in [-0.4, -0.2) is 10.8 Å². The Morgan fingerprint density at radius 3 is 2.56 bits per heavy atom. The fourth-order valence-electron chi connectivity index (χ4n) is 1.32. The smallest absolute Gasteiger partial charge is 0.159 e. The van der Waals surface area contributed by atoms with E-state index in [9.17, 15) is 4.79 Å². The van der Waals surface area contributed by atoms with E-state index in [1.165, 1.54) is 6.92 Å². The number of ketones is 1. The lowest BCUT2D eigenvalue weighted by Crippen LogP contribution is -1.92. The molecule has 2 aromatic rings. The predicted octanol–water partition coefficient (Wildman–Crippen LogP) is 3.08. The summed E-state index contributed by atoms with van der Waals surface area (Å²) >= 11 is 0. The quantitative estimate of drug-likeness (QED) is 0.735. The van der Waals surface area contributed by atoms with Crippen molar-refractivity contribution in [3.63, 3.8) is 0 Å². The van der Waals surface area contributed by atoms with Crippen molar-refractivity contribution in [2.75, 3.05) is 0 Å². The Balaban J connectivity index is 2.22. The maximum atomic E-state index is 11.2. The van der Waals surface area contributed by atoms with Gasteiger partial charge in [-0.15, -0.1) is 0 Å². The van der Waals surface area contributed by atoms with Crippen LogP contribution in [0, 0.1) is 0 Å². The summed E-state index contributed by atoms with van der Waals surface area (Å²) in [6.45, 7) is 1.53. The third kappa shape index (κ3) is 2.45. The van der Waals surface area contributed by atoms with Gasteiger partial charge in [0.05, 0.1) is 0 Å².